The zero-order valence-electron chi connectivity index (χ0n) is 11.4. The normalized spacial score (nSPS) is 11.3. The number of aromatic nitrogens is 5. The third-order valence-corrected chi connectivity index (χ3v) is 3.61. The Hall–Kier alpha value is -2.16. The fourth-order valence-electron chi connectivity index (χ4n) is 1.97. The molecule has 3 aromatic heterocycles. The molecule has 0 aliphatic rings. The molecule has 3 heterocycles. The van der Waals surface area contributed by atoms with E-state index in [0.29, 0.717) is 22.4 Å². The highest BCUT2D eigenvalue weighted by molar-refractivity contribution is 9.10. The van der Waals surface area contributed by atoms with Crippen LogP contribution in [0.4, 0.5) is 8.78 Å². The fraction of sp³-hybridized carbons (Fsp3) is 0.231. The number of nitrogens with zero attached hydrogens (tertiary/aromatic N) is 5. The van der Waals surface area contributed by atoms with E-state index >= 15 is 0 Å². The quantitative estimate of drug-likeness (QED) is 0.707. The van der Waals surface area contributed by atoms with Crippen LogP contribution in [0.3, 0.4) is 0 Å². The first kappa shape index (κ1) is 14.8. The highest BCUT2D eigenvalue weighted by Gasteiger charge is 2.12. The van der Waals surface area contributed by atoms with Crippen molar-refractivity contribution in [2.24, 2.45) is 0 Å². The lowest BCUT2D eigenvalue weighted by Crippen LogP contribution is -2.06. The summed E-state index contributed by atoms with van der Waals surface area (Å²) in [6, 6.07) is 3.35. The predicted octanol–water partition coefficient (Wildman–Crippen LogP) is 2.78. The summed E-state index contributed by atoms with van der Waals surface area (Å²) in [4.78, 5) is 12.4. The van der Waals surface area contributed by atoms with E-state index in [4.69, 9.17) is 0 Å². The summed E-state index contributed by atoms with van der Waals surface area (Å²) in [7, 11) is 0. The highest BCUT2D eigenvalue weighted by atomic mass is 79.9. The monoisotopic (exact) mass is 369 g/mol. The smallest absolute Gasteiger partial charge is 0.388 e. The van der Waals surface area contributed by atoms with Crippen LogP contribution in [0.2, 0.25) is 0 Å². The number of hydrogen-bond donors (Lipinski definition) is 0. The topological polar surface area (TPSA) is 65.2 Å². The van der Waals surface area contributed by atoms with Crippen LogP contribution in [0, 0.1) is 6.92 Å². The summed E-state index contributed by atoms with van der Waals surface area (Å²) >= 11 is 3.13. The molecule has 0 aliphatic carbocycles. The number of alkyl halides is 2. The van der Waals surface area contributed by atoms with Crippen molar-refractivity contribution in [1.29, 1.82) is 0 Å². The minimum atomic E-state index is -2.92. The van der Waals surface area contributed by atoms with Crippen LogP contribution in [0.15, 0.2) is 29.1 Å². The minimum absolute atomic E-state index is 0.139. The fourth-order valence-corrected chi connectivity index (χ4v) is 2.29. The molecule has 0 aromatic carbocycles. The highest BCUT2D eigenvalue weighted by Crippen LogP contribution is 2.25. The Morgan fingerprint density at radius 3 is 2.91 bits per heavy atom. The Bertz CT molecular complexity index is 823. The molecular formula is C13H10BrF2N5O. The second kappa shape index (κ2) is 5.91. The number of fused-ring (bicyclic) bond motifs is 1. The Morgan fingerprint density at radius 2 is 2.14 bits per heavy atom. The van der Waals surface area contributed by atoms with Gasteiger partial charge in [-0.1, -0.05) is 0 Å². The van der Waals surface area contributed by atoms with Crippen molar-refractivity contribution in [1.82, 2.24) is 24.6 Å². The molecular weight excluding hydrogens is 360 g/mol. The lowest BCUT2D eigenvalue weighted by atomic mass is 10.1. The molecule has 0 N–H and O–H groups in total. The molecule has 3 aromatic rings. The van der Waals surface area contributed by atoms with Gasteiger partial charge in [0.1, 0.15) is 6.33 Å². The van der Waals surface area contributed by atoms with Crippen LogP contribution in [-0.4, -0.2) is 31.2 Å². The van der Waals surface area contributed by atoms with Crippen molar-refractivity contribution < 1.29 is 13.5 Å². The van der Waals surface area contributed by atoms with Crippen LogP contribution in [0.25, 0.3) is 5.78 Å². The standard InChI is InChI=1S/C13H10BrF2N5O/c1-7-8(5-21-13(19-7)17-6-18-21)4-9-2-3-10(14)11(20-9)22-12(15)16/h2-3,5-6,12H,4H2,1H3. The van der Waals surface area contributed by atoms with Crippen LogP contribution in [0.1, 0.15) is 17.0 Å². The molecule has 0 saturated heterocycles. The molecule has 6 nitrogen and oxygen atoms in total. The summed E-state index contributed by atoms with van der Waals surface area (Å²) < 4.78 is 31.0. The van der Waals surface area contributed by atoms with Crippen LogP contribution in [-0.2, 0) is 6.42 Å². The van der Waals surface area contributed by atoms with Gasteiger partial charge < -0.3 is 4.74 Å². The van der Waals surface area contributed by atoms with Crippen molar-refractivity contribution in [3.8, 4) is 5.88 Å². The largest absolute Gasteiger partial charge is 0.416 e. The molecule has 0 aliphatic heterocycles. The maximum Gasteiger partial charge on any atom is 0.388 e. The Balaban J connectivity index is 1.92. The van der Waals surface area contributed by atoms with Crippen LogP contribution < -0.4 is 4.74 Å². The SMILES string of the molecule is Cc1nc2ncnn2cc1Cc1ccc(Br)c(OC(F)F)n1. The van der Waals surface area contributed by atoms with Gasteiger partial charge in [-0.2, -0.15) is 18.9 Å². The van der Waals surface area contributed by atoms with Crippen molar-refractivity contribution in [3.63, 3.8) is 0 Å². The molecule has 22 heavy (non-hydrogen) atoms. The molecule has 0 fully saturated rings. The van der Waals surface area contributed by atoms with E-state index in [1.807, 2.05) is 6.92 Å². The first-order chi connectivity index (χ1) is 10.5. The average Bonchev–Trinajstić information content (AvgIpc) is 2.89. The summed E-state index contributed by atoms with van der Waals surface area (Å²) in [6.45, 7) is -1.08. The Morgan fingerprint density at radius 1 is 1.32 bits per heavy atom. The molecule has 0 saturated carbocycles. The van der Waals surface area contributed by atoms with Gasteiger partial charge in [0.2, 0.25) is 5.88 Å². The van der Waals surface area contributed by atoms with Gasteiger partial charge in [0.15, 0.2) is 0 Å². The van der Waals surface area contributed by atoms with Crippen molar-refractivity contribution in [2.45, 2.75) is 20.0 Å². The van der Waals surface area contributed by atoms with E-state index in [2.05, 4.69) is 40.7 Å². The summed E-state index contributed by atoms with van der Waals surface area (Å²) in [5, 5.41) is 4.02. The van der Waals surface area contributed by atoms with Crippen LogP contribution in [0.5, 0.6) is 5.88 Å². The van der Waals surface area contributed by atoms with E-state index in [9.17, 15) is 8.78 Å². The van der Waals surface area contributed by atoms with E-state index in [1.54, 1.807) is 22.8 Å². The van der Waals surface area contributed by atoms with Crippen LogP contribution >= 0.6 is 15.9 Å². The molecule has 0 spiro atoms. The van der Waals surface area contributed by atoms with Gasteiger partial charge in [-0.15, -0.1) is 0 Å². The number of rotatable bonds is 4. The van der Waals surface area contributed by atoms with Gasteiger partial charge in [0.25, 0.3) is 5.78 Å². The number of aryl methyl sites for hydroxylation is 1. The lowest BCUT2D eigenvalue weighted by Gasteiger charge is -2.09. The van der Waals surface area contributed by atoms with Crippen molar-refractivity contribution in [3.05, 3.63) is 46.1 Å². The van der Waals surface area contributed by atoms with E-state index < -0.39 is 6.61 Å². The number of ether oxygens (including phenoxy) is 1. The third kappa shape index (κ3) is 3.03. The lowest BCUT2D eigenvalue weighted by molar-refractivity contribution is -0.0534. The number of hydrogen-bond acceptors (Lipinski definition) is 5. The molecule has 0 unspecified atom stereocenters. The van der Waals surface area contributed by atoms with Crippen molar-refractivity contribution in [2.75, 3.05) is 0 Å². The number of pyridine rings is 1. The summed E-state index contributed by atoms with van der Waals surface area (Å²) in [5.41, 5.74) is 2.24. The predicted molar refractivity (Wildman–Crippen MR) is 76.9 cm³/mol. The molecule has 9 heteroatoms. The van der Waals surface area contributed by atoms with Gasteiger partial charge in [-0.3, -0.25) is 0 Å². The van der Waals surface area contributed by atoms with E-state index in [0.717, 1.165) is 11.3 Å². The Labute approximate surface area is 132 Å². The molecule has 0 bridgehead atoms. The van der Waals surface area contributed by atoms with E-state index in [1.165, 1.54) is 6.33 Å². The second-order valence-corrected chi connectivity index (χ2v) is 5.36. The first-order valence-corrected chi connectivity index (χ1v) is 7.08. The van der Waals surface area contributed by atoms with E-state index in [-0.39, 0.29) is 5.88 Å². The van der Waals surface area contributed by atoms with Gasteiger partial charge >= 0.3 is 6.61 Å². The first-order valence-electron chi connectivity index (χ1n) is 6.29. The maximum absolute atomic E-state index is 12.4. The minimum Gasteiger partial charge on any atom is -0.416 e. The molecule has 114 valence electrons. The summed E-state index contributed by atoms with van der Waals surface area (Å²) in [5.74, 6) is 0.367. The average molecular weight is 370 g/mol. The summed E-state index contributed by atoms with van der Waals surface area (Å²) in [6.07, 6.45) is 3.63. The Kier molecular flexibility index (Phi) is 3.97. The van der Waals surface area contributed by atoms with Gasteiger partial charge in [-0.05, 0) is 40.5 Å². The molecule has 3 rings (SSSR count). The molecule has 0 radical (unpaired) electrons. The second-order valence-electron chi connectivity index (χ2n) is 4.50. The zero-order valence-corrected chi connectivity index (χ0v) is 13.0. The zero-order chi connectivity index (χ0) is 15.7. The molecule has 0 amide bonds. The number of halogens is 3. The maximum atomic E-state index is 12.4. The third-order valence-electron chi connectivity index (χ3n) is 3.01. The van der Waals surface area contributed by atoms with Crippen molar-refractivity contribution >= 4 is 21.7 Å². The van der Waals surface area contributed by atoms with Gasteiger partial charge in [0, 0.05) is 24.0 Å². The van der Waals surface area contributed by atoms with Gasteiger partial charge in [-0.25, -0.2) is 14.5 Å². The molecule has 0 atom stereocenters. The van der Waals surface area contributed by atoms with Gasteiger partial charge in [0.05, 0.1) is 4.47 Å².